The highest BCUT2D eigenvalue weighted by Gasteiger charge is 2.41. The summed E-state index contributed by atoms with van der Waals surface area (Å²) in [6.07, 6.45) is 7.08. The summed E-state index contributed by atoms with van der Waals surface area (Å²) in [7, 11) is 0. The van der Waals surface area contributed by atoms with E-state index in [4.69, 9.17) is 4.74 Å². The molecule has 0 N–H and O–H groups in total. The van der Waals surface area contributed by atoms with Crippen LogP contribution in [0.3, 0.4) is 0 Å². The van der Waals surface area contributed by atoms with Crippen molar-refractivity contribution in [3.63, 3.8) is 0 Å². The van der Waals surface area contributed by atoms with E-state index in [-0.39, 0.29) is 0 Å². The average molecular weight is 272 g/mol. The van der Waals surface area contributed by atoms with Gasteiger partial charge in [-0.1, -0.05) is 43.5 Å². The number of fused-ring (bicyclic) bond motifs is 1. The van der Waals surface area contributed by atoms with E-state index in [0.717, 1.165) is 32.1 Å². The van der Waals surface area contributed by atoms with Gasteiger partial charge in [0.2, 0.25) is 0 Å². The van der Waals surface area contributed by atoms with E-state index in [2.05, 4.69) is 24.3 Å². The molecule has 1 saturated carbocycles. The smallest absolute Gasteiger partial charge is 0.165 e. The van der Waals surface area contributed by atoms with Gasteiger partial charge in [-0.05, 0) is 43.2 Å². The second-order valence-corrected chi connectivity index (χ2v) is 6.22. The number of hydrogen-bond acceptors (Lipinski definition) is 2. The van der Waals surface area contributed by atoms with Crippen LogP contribution in [0.5, 0.6) is 0 Å². The minimum absolute atomic E-state index is 0.346. The zero-order chi connectivity index (χ0) is 14.0. The molecule has 2 nitrogen and oxygen atoms in total. The highest BCUT2D eigenvalue weighted by atomic mass is 16.5. The molecule has 1 aromatic rings. The molecule has 0 saturated heterocycles. The van der Waals surface area contributed by atoms with Gasteiger partial charge >= 0.3 is 0 Å². The minimum atomic E-state index is -0.461. The Hall–Kier alpha value is -1.15. The van der Waals surface area contributed by atoms with Crippen molar-refractivity contribution in [1.82, 2.24) is 0 Å². The Morgan fingerprint density at radius 1 is 1.25 bits per heavy atom. The van der Waals surface area contributed by atoms with Crippen LogP contribution in [0.4, 0.5) is 0 Å². The van der Waals surface area contributed by atoms with Gasteiger partial charge in [-0.15, -0.1) is 0 Å². The first-order valence-electron chi connectivity index (χ1n) is 8.00. The molecule has 2 aliphatic carbocycles. The van der Waals surface area contributed by atoms with Gasteiger partial charge in [0.05, 0.1) is 0 Å². The number of ether oxygens (including phenoxy) is 1. The van der Waals surface area contributed by atoms with Crippen LogP contribution in [0.25, 0.3) is 0 Å². The Balaban J connectivity index is 1.69. The van der Waals surface area contributed by atoms with Gasteiger partial charge in [0.1, 0.15) is 5.60 Å². The lowest BCUT2D eigenvalue weighted by molar-refractivity contribution is -0.149. The molecule has 3 rings (SSSR count). The lowest BCUT2D eigenvalue weighted by atomic mass is 9.71. The molecular formula is C18H24O2. The first kappa shape index (κ1) is 13.8. The fraction of sp³-hybridized carbons (Fsp3) is 0.611. The molecule has 20 heavy (non-hydrogen) atoms. The van der Waals surface area contributed by atoms with E-state index < -0.39 is 5.60 Å². The van der Waals surface area contributed by atoms with Gasteiger partial charge in [0.25, 0.3) is 0 Å². The fourth-order valence-corrected chi connectivity index (χ4v) is 3.86. The Morgan fingerprint density at radius 2 is 2.00 bits per heavy atom. The summed E-state index contributed by atoms with van der Waals surface area (Å²) in [5.74, 6) is 0.775. The lowest BCUT2D eigenvalue weighted by Crippen LogP contribution is -2.44. The Kier molecular flexibility index (Phi) is 3.93. The highest BCUT2D eigenvalue weighted by molar-refractivity contribution is 5.88. The van der Waals surface area contributed by atoms with Gasteiger partial charge in [-0.3, -0.25) is 4.79 Å². The molecule has 0 aromatic heterocycles. The second-order valence-electron chi connectivity index (χ2n) is 6.22. The van der Waals surface area contributed by atoms with E-state index in [1.54, 1.807) is 0 Å². The molecular weight excluding hydrogens is 248 g/mol. The number of carbonyl (C=O) groups excluding carboxylic acids is 1. The molecule has 0 spiro atoms. The van der Waals surface area contributed by atoms with Crippen LogP contribution in [0.1, 0.15) is 62.5 Å². The maximum atomic E-state index is 12.8. The molecule has 1 unspecified atom stereocenters. The number of hydrogen-bond donors (Lipinski definition) is 0. The molecule has 0 bridgehead atoms. The second kappa shape index (κ2) is 5.69. The molecule has 0 radical (unpaired) electrons. The van der Waals surface area contributed by atoms with Crippen molar-refractivity contribution in [2.24, 2.45) is 0 Å². The van der Waals surface area contributed by atoms with Gasteiger partial charge in [-0.25, -0.2) is 0 Å². The standard InChI is InChI=1S/C18H24O2/c1-2-20-18(10-6-3-7-11-18)17(19)13-15-12-14-8-4-5-9-16(14)15/h4-5,8-9,15H,2-3,6-7,10-13H2,1H3. The van der Waals surface area contributed by atoms with Crippen LogP contribution in [-0.2, 0) is 16.0 Å². The van der Waals surface area contributed by atoms with Crippen molar-refractivity contribution < 1.29 is 9.53 Å². The predicted octanol–water partition coefficient (Wildman–Crippen LogP) is 4.02. The molecule has 1 aromatic carbocycles. The number of carbonyl (C=O) groups is 1. The van der Waals surface area contributed by atoms with Crippen molar-refractivity contribution in [3.8, 4) is 0 Å². The van der Waals surface area contributed by atoms with Gasteiger partial charge in [0, 0.05) is 13.0 Å². The number of ketones is 1. The van der Waals surface area contributed by atoms with Crippen molar-refractivity contribution in [1.29, 1.82) is 0 Å². The SMILES string of the molecule is CCOC1(C(=O)CC2Cc3ccccc32)CCCCC1. The summed E-state index contributed by atoms with van der Waals surface area (Å²) in [6.45, 7) is 2.65. The third kappa shape index (κ3) is 2.42. The summed E-state index contributed by atoms with van der Waals surface area (Å²) in [6, 6.07) is 8.51. The zero-order valence-corrected chi connectivity index (χ0v) is 12.4. The van der Waals surface area contributed by atoms with Crippen LogP contribution in [0.15, 0.2) is 24.3 Å². The Morgan fingerprint density at radius 3 is 2.70 bits per heavy atom. The molecule has 2 aliphatic rings. The maximum absolute atomic E-state index is 12.8. The highest BCUT2D eigenvalue weighted by Crippen LogP contribution is 2.41. The largest absolute Gasteiger partial charge is 0.368 e. The normalized spacial score (nSPS) is 23.8. The molecule has 0 amide bonds. The molecule has 1 fully saturated rings. The molecule has 2 heteroatoms. The van der Waals surface area contributed by atoms with E-state index in [9.17, 15) is 4.79 Å². The van der Waals surface area contributed by atoms with E-state index >= 15 is 0 Å². The van der Waals surface area contributed by atoms with Crippen LogP contribution in [0.2, 0.25) is 0 Å². The average Bonchev–Trinajstić information content (AvgIpc) is 2.46. The minimum Gasteiger partial charge on any atom is -0.368 e. The van der Waals surface area contributed by atoms with Crippen LogP contribution in [0, 0.1) is 0 Å². The zero-order valence-electron chi connectivity index (χ0n) is 12.4. The monoisotopic (exact) mass is 272 g/mol. The third-order valence-electron chi connectivity index (χ3n) is 4.98. The molecule has 108 valence electrons. The summed E-state index contributed by atoms with van der Waals surface area (Å²) >= 11 is 0. The van der Waals surface area contributed by atoms with Gasteiger partial charge in [-0.2, -0.15) is 0 Å². The Bertz CT molecular complexity index is 480. The van der Waals surface area contributed by atoms with Crippen LogP contribution < -0.4 is 0 Å². The molecule has 0 heterocycles. The van der Waals surface area contributed by atoms with Crippen molar-refractivity contribution in [2.45, 2.75) is 63.4 Å². The van der Waals surface area contributed by atoms with E-state index in [1.807, 2.05) is 6.92 Å². The van der Waals surface area contributed by atoms with Crippen LogP contribution >= 0.6 is 0 Å². The Labute approximate surface area is 121 Å². The quantitative estimate of drug-likeness (QED) is 0.809. The van der Waals surface area contributed by atoms with E-state index in [0.29, 0.717) is 24.7 Å². The number of Topliss-reactive ketones (excluding diaryl/α,β-unsaturated/α-hetero) is 1. The predicted molar refractivity (Wildman–Crippen MR) is 80.0 cm³/mol. The summed E-state index contributed by atoms with van der Waals surface area (Å²) in [4.78, 5) is 12.8. The topological polar surface area (TPSA) is 26.3 Å². The fourth-order valence-electron chi connectivity index (χ4n) is 3.86. The number of benzene rings is 1. The van der Waals surface area contributed by atoms with Crippen LogP contribution in [-0.4, -0.2) is 18.0 Å². The first-order valence-corrected chi connectivity index (χ1v) is 8.00. The molecule has 0 aliphatic heterocycles. The van der Waals surface area contributed by atoms with E-state index in [1.165, 1.54) is 17.5 Å². The lowest BCUT2D eigenvalue weighted by Gasteiger charge is -2.38. The van der Waals surface area contributed by atoms with Crippen molar-refractivity contribution in [2.75, 3.05) is 6.61 Å². The van der Waals surface area contributed by atoms with Crippen molar-refractivity contribution in [3.05, 3.63) is 35.4 Å². The third-order valence-corrected chi connectivity index (χ3v) is 4.98. The summed E-state index contributed by atoms with van der Waals surface area (Å²) in [5.41, 5.74) is 2.33. The molecule has 1 atom stereocenters. The summed E-state index contributed by atoms with van der Waals surface area (Å²) < 4.78 is 5.94. The van der Waals surface area contributed by atoms with Gasteiger partial charge in [0.15, 0.2) is 5.78 Å². The number of rotatable bonds is 5. The first-order chi connectivity index (χ1) is 9.75. The van der Waals surface area contributed by atoms with Crippen molar-refractivity contribution >= 4 is 5.78 Å². The maximum Gasteiger partial charge on any atom is 0.165 e. The summed E-state index contributed by atoms with van der Waals surface area (Å²) in [5, 5.41) is 0. The van der Waals surface area contributed by atoms with Gasteiger partial charge < -0.3 is 4.74 Å².